The number of hydrogen-bond donors (Lipinski definition) is 0. The van der Waals surface area contributed by atoms with E-state index in [9.17, 15) is 13.6 Å². The fourth-order valence-corrected chi connectivity index (χ4v) is 6.99. The van der Waals surface area contributed by atoms with Crippen molar-refractivity contribution in [3.8, 4) is 0 Å². The van der Waals surface area contributed by atoms with Crippen molar-refractivity contribution in [3.63, 3.8) is 0 Å². The largest absolute Gasteiger partial charge is 0.338 e. The first-order valence-corrected chi connectivity index (χ1v) is 12.7. The van der Waals surface area contributed by atoms with Gasteiger partial charge in [-0.25, -0.2) is 8.78 Å². The van der Waals surface area contributed by atoms with E-state index in [0.717, 1.165) is 35.5 Å². The van der Waals surface area contributed by atoms with Gasteiger partial charge in [0.05, 0.1) is 21.3 Å². The maximum Gasteiger partial charge on any atom is 0.269 e. The molecule has 0 fully saturated rings. The van der Waals surface area contributed by atoms with E-state index in [4.69, 9.17) is 0 Å². The summed E-state index contributed by atoms with van der Waals surface area (Å²) in [5, 5.41) is 1.86. The van der Waals surface area contributed by atoms with E-state index < -0.39 is 0 Å². The van der Waals surface area contributed by atoms with Gasteiger partial charge in [-0.2, -0.15) is 4.57 Å². The predicted octanol–water partition coefficient (Wildman–Crippen LogP) is 3.94. The minimum atomic E-state index is -0.271. The van der Waals surface area contributed by atoms with E-state index in [0.29, 0.717) is 11.1 Å². The number of fused-ring (bicyclic) bond motifs is 2. The quantitative estimate of drug-likeness (QED) is 0.399. The molecule has 0 saturated carbocycles. The van der Waals surface area contributed by atoms with Gasteiger partial charge in [-0.1, -0.05) is 23.1 Å². The Morgan fingerprint density at radius 1 is 1.06 bits per heavy atom. The molecule has 0 amide bonds. The van der Waals surface area contributed by atoms with Crippen LogP contribution < -0.4 is 24.2 Å². The zero-order valence-electron chi connectivity index (χ0n) is 18.1. The Kier molecular flexibility index (Phi) is 5.72. The molecule has 5 rings (SSSR count). The summed E-state index contributed by atoms with van der Waals surface area (Å²) >= 11 is 4.53. The third kappa shape index (κ3) is 3.94. The lowest BCUT2D eigenvalue weighted by Gasteiger charge is -2.12. The second-order valence-electron chi connectivity index (χ2n) is 7.55. The van der Waals surface area contributed by atoms with Crippen molar-refractivity contribution < 1.29 is 13.3 Å². The van der Waals surface area contributed by atoms with Crippen LogP contribution >= 0.6 is 34.4 Å². The number of aromatic nitrogens is 2. The molecule has 0 aliphatic carbocycles. The van der Waals surface area contributed by atoms with Crippen LogP contribution in [0.2, 0.25) is 0 Å². The first-order valence-electron chi connectivity index (χ1n) is 10.3. The third-order valence-corrected chi connectivity index (χ3v) is 8.96. The zero-order chi connectivity index (χ0) is 23.3. The molecule has 0 bridgehead atoms. The third-order valence-electron chi connectivity index (χ3n) is 5.53. The van der Waals surface area contributed by atoms with Crippen LogP contribution in [0.4, 0.5) is 14.5 Å². The highest BCUT2D eigenvalue weighted by atomic mass is 32.2. The highest BCUT2D eigenvalue weighted by molar-refractivity contribution is 8.03. The highest BCUT2D eigenvalue weighted by Crippen LogP contribution is 2.45. The highest BCUT2D eigenvalue weighted by Gasteiger charge is 2.22. The number of anilines is 1. The second-order valence-corrected chi connectivity index (χ2v) is 10.7. The lowest BCUT2D eigenvalue weighted by Crippen LogP contribution is -2.32. The molecule has 2 aromatic heterocycles. The van der Waals surface area contributed by atoms with E-state index in [1.54, 1.807) is 39.8 Å². The summed E-state index contributed by atoms with van der Waals surface area (Å²) < 4.78 is 33.4. The van der Waals surface area contributed by atoms with E-state index in [1.165, 1.54) is 35.6 Å². The van der Waals surface area contributed by atoms with Crippen molar-refractivity contribution in [1.29, 1.82) is 0 Å². The van der Waals surface area contributed by atoms with Gasteiger partial charge in [0.25, 0.3) is 10.6 Å². The molecule has 0 atom stereocenters. The molecule has 0 spiro atoms. The molecule has 1 aliphatic heterocycles. The molecule has 4 nitrogen and oxygen atoms in total. The van der Waals surface area contributed by atoms with Crippen molar-refractivity contribution in [3.05, 3.63) is 83.7 Å². The minimum Gasteiger partial charge on any atom is -0.338 e. The van der Waals surface area contributed by atoms with Crippen LogP contribution in [0, 0.1) is 11.6 Å². The average Bonchev–Trinajstić information content (AvgIpc) is 3.38. The van der Waals surface area contributed by atoms with Gasteiger partial charge in [-0.05, 0) is 49.4 Å². The van der Waals surface area contributed by atoms with Crippen LogP contribution in [-0.2, 0) is 13.6 Å². The summed E-state index contributed by atoms with van der Waals surface area (Å²) in [6.07, 6.45) is 5.72. The molecule has 0 saturated heterocycles. The van der Waals surface area contributed by atoms with E-state index in [2.05, 4.69) is 0 Å². The minimum absolute atomic E-state index is 0.0467. The monoisotopic (exact) mass is 500 g/mol. The SMILES string of the molecule is CCn1c(=Cc2sc3ccc(F)cc3[n+]2C)sc(=CC=C2Sc3ccc(F)cc3N2C)c1=O. The van der Waals surface area contributed by atoms with E-state index >= 15 is 0 Å². The standard InChI is InChI=1S/C24H20F2N3OS3/c1-4-29-23(13-22-28(3)17-12-15(26)6-8-19(17)32-22)33-20(24(29)30)9-10-21-27(2)16-11-14(25)5-7-18(16)31-21/h5-13H,4H2,1-3H3/q+1. The molecule has 0 N–H and O–H groups in total. The molecule has 9 heteroatoms. The number of benzene rings is 2. The van der Waals surface area contributed by atoms with Crippen LogP contribution in [0.15, 0.2) is 57.2 Å². The van der Waals surface area contributed by atoms with Gasteiger partial charge in [0, 0.05) is 24.6 Å². The maximum absolute atomic E-state index is 13.7. The predicted molar refractivity (Wildman–Crippen MR) is 133 cm³/mol. The number of halogens is 2. The fourth-order valence-electron chi connectivity index (χ4n) is 3.76. The van der Waals surface area contributed by atoms with Gasteiger partial charge in [-0.15, -0.1) is 11.3 Å². The number of nitrogens with zero attached hydrogens (tertiary/aromatic N) is 3. The van der Waals surface area contributed by atoms with Crippen LogP contribution in [0.3, 0.4) is 0 Å². The average molecular weight is 501 g/mol. The smallest absolute Gasteiger partial charge is 0.269 e. The molecule has 1 aliphatic rings. The molecule has 33 heavy (non-hydrogen) atoms. The number of thioether (sulfide) groups is 1. The number of thiazole rings is 2. The number of allylic oxidation sites excluding steroid dienone is 1. The van der Waals surface area contributed by atoms with Gasteiger partial charge in [0.15, 0.2) is 0 Å². The number of hydrogen-bond acceptors (Lipinski definition) is 5. The fraction of sp³-hybridized carbons (Fsp3) is 0.167. The number of rotatable bonds is 3. The van der Waals surface area contributed by atoms with Crippen molar-refractivity contribution in [2.24, 2.45) is 7.05 Å². The molecule has 3 heterocycles. The Morgan fingerprint density at radius 3 is 2.61 bits per heavy atom. The van der Waals surface area contributed by atoms with E-state index in [-0.39, 0.29) is 17.2 Å². The molecule has 168 valence electrons. The van der Waals surface area contributed by atoms with Crippen molar-refractivity contribution in [1.82, 2.24) is 4.57 Å². The van der Waals surface area contributed by atoms with Crippen LogP contribution in [0.25, 0.3) is 22.4 Å². The van der Waals surface area contributed by atoms with Crippen molar-refractivity contribution in [2.75, 3.05) is 11.9 Å². The van der Waals surface area contributed by atoms with Gasteiger partial charge in [-0.3, -0.25) is 9.36 Å². The molecule has 4 aromatic rings. The summed E-state index contributed by atoms with van der Waals surface area (Å²) in [4.78, 5) is 15.9. The topological polar surface area (TPSA) is 29.1 Å². The van der Waals surface area contributed by atoms with Crippen LogP contribution in [0.5, 0.6) is 0 Å². The Bertz CT molecular complexity index is 1610. The van der Waals surface area contributed by atoms with Crippen LogP contribution in [-0.4, -0.2) is 11.6 Å². The van der Waals surface area contributed by atoms with Crippen molar-refractivity contribution in [2.45, 2.75) is 18.4 Å². The second kappa shape index (κ2) is 8.55. The zero-order valence-corrected chi connectivity index (χ0v) is 20.6. The molecular weight excluding hydrogens is 480 g/mol. The van der Waals surface area contributed by atoms with Gasteiger partial charge in [0.1, 0.15) is 28.0 Å². The molecular formula is C24H20F2N3OS3+. The van der Waals surface area contributed by atoms with E-state index in [1.807, 2.05) is 48.7 Å². The normalized spacial score (nSPS) is 15.9. The maximum atomic E-state index is 13.7. The Balaban J connectivity index is 1.58. The first kappa shape index (κ1) is 22.1. The summed E-state index contributed by atoms with van der Waals surface area (Å²) in [6.45, 7) is 2.49. The van der Waals surface area contributed by atoms with Gasteiger partial charge < -0.3 is 4.90 Å². The first-order chi connectivity index (χ1) is 15.9. The molecule has 0 unspecified atom stereocenters. The Hall–Kier alpha value is -2.75. The van der Waals surface area contributed by atoms with Crippen molar-refractivity contribution >= 4 is 62.5 Å². The summed E-state index contributed by atoms with van der Waals surface area (Å²) in [7, 11) is 3.79. The van der Waals surface area contributed by atoms with Gasteiger partial charge >= 0.3 is 0 Å². The Labute approximate surface area is 201 Å². The summed E-state index contributed by atoms with van der Waals surface area (Å²) in [6, 6.07) is 9.50. The molecule has 2 aromatic carbocycles. The lowest BCUT2D eigenvalue weighted by molar-refractivity contribution is -0.642. The lowest BCUT2D eigenvalue weighted by atomic mass is 10.3. The summed E-state index contributed by atoms with van der Waals surface area (Å²) in [5.41, 5.74) is 1.59. The van der Waals surface area contributed by atoms with Gasteiger partial charge in [0.2, 0.25) is 5.52 Å². The molecule has 0 radical (unpaired) electrons. The Morgan fingerprint density at radius 2 is 1.82 bits per heavy atom. The number of aryl methyl sites for hydroxylation is 1. The van der Waals surface area contributed by atoms with Crippen LogP contribution in [0.1, 0.15) is 11.9 Å². The summed E-state index contributed by atoms with van der Waals surface area (Å²) in [5.74, 6) is -0.540.